The van der Waals surface area contributed by atoms with Gasteiger partial charge in [0, 0.05) is 11.3 Å². The molecule has 1 nitrogen and oxygen atoms in total. The molecule has 0 aliphatic heterocycles. The molecule has 0 heterocycles. The van der Waals surface area contributed by atoms with Crippen LogP contribution in [0.5, 0.6) is 0 Å². The zero-order valence-corrected chi connectivity index (χ0v) is 8.54. The van der Waals surface area contributed by atoms with Gasteiger partial charge in [0.1, 0.15) is 11.6 Å². The van der Waals surface area contributed by atoms with Gasteiger partial charge in [-0.25, -0.2) is 8.78 Å². The molecular weight excluding hydrogens is 249 g/mol. The summed E-state index contributed by atoms with van der Waals surface area (Å²) in [4.78, 5) is 0. The van der Waals surface area contributed by atoms with Crippen LogP contribution in [-0.4, -0.2) is 0 Å². The molecule has 0 aliphatic rings. The lowest BCUT2D eigenvalue weighted by molar-refractivity contribution is -0.140. The monoisotopic (exact) mass is 255 g/mol. The van der Waals surface area contributed by atoms with E-state index in [9.17, 15) is 22.0 Å². The topological polar surface area (TPSA) is 26.0 Å². The van der Waals surface area contributed by atoms with E-state index in [-0.39, 0.29) is 11.8 Å². The first-order valence-corrected chi connectivity index (χ1v) is 4.45. The van der Waals surface area contributed by atoms with E-state index in [1.807, 2.05) is 0 Å². The van der Waals surface area contributed by atoms with Crippen molar-refractivity contribution in [1.82, 2.24) is 0 Å². The molecule has 1 rings (SSSR count). The average molecular weight is 255 g/mol. The van der Waals surface area contributed by atoms with E-state index >= 15 is 0 Å². The van der Waals surface area contributed by atoms with Crippen LogP contribution in [0.4, 0.5) is 22.0 Å². The van der Waals surface area contributed by atoms with E-state index in [2.05, 4.69) is 12.6 Å². The molecule has 0 saturated heterocycles. The second kappa shape index (κ2) is 4.32. The maximum Gasteiger partial charge on any atom is 0.419 e. The molecule has 16 heavy (non-hydrogen) atoms. The minimum atomic E-state index is -4.97. The highest BCUT2D eigenvalue weighted by Crippen LogP contribution is 2.34. The number of hydrogen-bond donors (Lipinski definition) is 2. The normalized spacial score (nSPS) is 13.0. The summed E-state index contributed by atoms with van der Waals surface area (Å²) in [6.45, 7) is 0. The number of halogens is 5. The maximum absolute atomic E-state index is 13.3. The minimum Gasteiger partial charge on any atom is -0.398 e. The van der Waals surface area contributed by atoms with Crippen LogP contribution in [0.25, 0.3) is 5.70 Å². The summed E-state index contributed by atoms with van der Waals surface area (Å²) < 4.78 is 63.1. The van der Waals surface area contributed by atoms with Crippen molar-refractivity contribution >= 4 is 18.3 Å². The Labute approximate surface area is 93.2 Å². The molecule has 2 N–H and O–H groups in total. The molecular formula is C9H6F5NS. The summed E-state index contributed by atoms with van der Waals surface area (Å²) >= 11 is 3.56. The van der Waals surface area contributed by atoms with Gasteiger partial charge in [-0.15, -0.1) is 12.6 Å². The summed E-state index contributed by atoms with van der Waals surface area (Å²) in [5.74, 6) is -2.83. The second-order valence-corrected chi connectivity index (χ2v) is 3.16. The molecule has 1 aromatic rings. The van der Waals surface area contributed by atoms with E-state index < -0.39 is 28.9 Å². The molecule has 0 saturated carbocycles. The van der Waals surface area contributed by atoms with E-state index in [0.29, 0.717) is 6.07 Å². The Bertz CT molecular complexity index is 438. The van der Waals surface area contributed by atoms with Crippen LogP contribution in [0.2, 0.25) is 0 Å². The van der Waals surface area contributed by atoms with Crippen LogP contribution in [0, 0.1) is 11.6 Å². The Kier molecular flexibility index (Phi) is 3.47. The van der Waals surface area contributed by atoms with Crippen molar-refractivity contribution in [1.29, 1.82) is 0 Å². The van der Waals surface area contributed by atoms with Gasteiger partial charge in [-0.2, -0.15) is 13.2 Å². The largest absolute Gasteiger partial charge is 0.419 e. The average Bonchev–Trinajstić information content (AvgIpc) is 2.18. The van der Waals surface area contributed by atoms with Gasteiger partial charge in [-0.1, -0.05) is 0 Å². The van der Waals surface area contributed by atoms with Crippen molar-refractivity contribution in [3.63, 3.8) is 0 Å². The minimum absolute atomic E-state index is 0.0740. The number of thiol groups is 1. The lowest BCUT2D eigenvalue weighted by atomic mass is 10.1. The molecule has 88 valence electrons. The van der Waals surface area contributed by atoms with Crippen LogP contribution in [0.1, 0.15) is 11.1 Å². The van der Waals surface area contributed by atoms with Crippen molar-refractivity contribution in [2.75, 3.05) is 0 Å². The molecule has 0 atom stereocenters. The van der Waals surface area contributed by atoms with Crippen LogP contribution < -0.4 is 5.73 Å². The molecule has 0 amide bonds. The quantitative estimate of drug-likeness (QED) is 0.585. The molecule has 1 aromatic carbocycles. The van der Waals surface area contributed by atoms with Gasteiger partial charge in [0.25, 0.3) is 0 Å². The van der Waals surface area contributed by atoms with Crippen molar-refractivity contribution in [2.45, 2.75) is 6.18 Å². The number of benzene rings is 1. The molecule has 0 aromatic heterocycles. The van der Waals surface area contributed by atoms with Crippen molar-refractivity contribution in [3.05, 3.63) is 40.3 Å². The Morgan fingerprint density at radius 1 is 1.25 bits per heavy atom. The zero-order chi connectivity index (χ0) is 12.5. The third-order valence-corrected chi connectivity index (χ3v) is 2.07. The molecule has 0 unspecified atom stereocenters. The van der Waals surface area contributed by atoms with Crippen LogP contribution >= 0.6 is 12.6 Å². The van der Waals surface area contributed by atoms with Gasteiger partial charge in [-0.3, -0.25) is 0 Å². The summed E-state index contributed by atoms with van der Waals surface area (Å²) in [7, 11) is 0. The van der Waals surface area contributed by atoms with E-state index in [1.165, 1.54) is 0 Å². The lowest BCUT2D eigenvalue weighted by Crippen LogP contribution is -2.12. The lowest BCUT2D eigenvalue weighted by Gasteiger charge is -2.11. The standard InChI is InChI=1S/C9H6F5NS/c10-4-1-5(7(15)3-16)8(11)6(2-4)9(12,13)14/h1-3,16H,15H2/b7-3-. The van der Waals surface area contributed by atoms with E-state index in [4.69, 9.17) is 5.73 Å². The van der Waals surface area contributed by atoms with Gasteiger partial charge >= 0.3 is 6.18 Å². The van der Waals surface area contributed by atoms with Gasteiger partial charge in [-0.05, 0) is 17.5 Å². The Balaban J connectivity index is 3.50. The summed E-state index contributed by atoms with van der Waals surface area (Å²) in [5.41, 5.74) is 2.45. The third-order valence-electron chi connectivity index (χ3n) is 1.79. The summed E-state index contributed by atoms with van der Waals surface area (Å²) in [6.07, 6.45) is -4.97. The van der Waals surface area contributed by atoms with Gasteiger partial charge in [0.05, 0.1) is 5.56 Å². The van der Waals surface area contributed by atoms with Crippen molar-refractivity contribution in [2.24, 2.45) is 5.73 Å². The number of nitrogens with two attached hydrogens (primary N) is 1. The highest BCUT2D eigenvalue weighted by atomic mass is 32.1. The van der Waals surface area contributed by atoms with Gasteiger partial charge in [0.2, 0.25) is 0 Å². The molecule has 0 aliphatic carbocycles. The third kappa shape index (κ3) is 2.46. The molecule has 0 spiro atoms. The van der Waals surface area contributed by atoms with Crippen molar-refractivity contribution < 1.29 is 22.0 Å². The SMILES string of the molecule is N/C(=C\S)c1cc(F)cc(C(F)(F)F)c1F. The first-order valence-electron chi connectivity index (χ1n) is 3.94. The summed E-state index contributed by atoms with van der Waals surface area (Å²) in [6, 6.07) is 0.650. The number of rotatable bonds is 1. The summed E-state index contributed by atoms with van der Waals surface area (Å²) in [5, 5.41) is 0.887. The Morgan fingerprint density at radius 2 is 1.81 bits per heavy atom. The first-order chi connectivity index (χ1) is 7.27. The number of hydrogen-bond acceptors (Lipinski definition) is 2. The van der Waals surface area contributed by atoms with Crippen LogP contribution in [-0.2, 0) is 6.18 Å². The van der Waals surface area contributed by atoms with Crippen LogP contribution in [0.3, 0.4) is 0 Å². The number of alkyl halides is 3. The van der Waals surface area contributed by atoms with Crippen LogP contribution in [0.15, 0.2) is 17.5 Å². The molecule has 7 heteroatoms. The highest BCUT2D eigenvalue weighted by Gasteiger charge is 2.36. The Morgan fingerprint density at radius 3 is 2.25 bits per heavy atom. The van der Waals surface area contributed by atoms with E-state index in [1.54, 1.807) is 0 Å². The highest BCUT2D eigenvalue weighted by molar-refractivity contribution is 7.83. The molecule has 0 bridgehead atoms. The van der Waals surface area contributed by atoms with Crippen molar-refractivity contribution in [3.8, 4) is 0 Å². The zero-order valence-electron chi connectivity index (χ0n) is 7.65. The molecule has 0 fully saturated rings. The second-order valence-electron chi connectivity index (χ2n) is 2.90. The predicted molar refractivity (Wildman–Crippen MR) is 52.5 cm³/mol. The fraction of sp³-hybridized carbons (Fsp3) is 0.111. The predicted octanol–water partition coefficient (Wildman–Crippen LogP) is 3.17. The fourth-order valence-corrected chi connectivity index (χ4v) is 1.21. The molecule has 0 radical (unpaired) electrons. The van der Waals surface area contributed by atoms with Gasteiger partial charge < -0.3 is 5.73 Å². The first kappa shape index (κ1) is 12.8. The smallest absolute Gasteiger partial charge is 0.398 e. The van der Waals surface area contributed by atoms with E-state index in [0.717, 1.165) is 5.41 Å². The Hall–Kier alpha value is -1.24. The maximum atomic E-state index is 13.3. The fourth-order valence-electron chi connectivity index (χ4n) is 1.08. The van der Waals surface area contributed by atoms with Gasteiger partial charge in [0.15, 0.2) is 0 Å².